The molecule has 1 aromatic rings. The zero-order valence-corrected chi connectivity index (χ0v) is 8.87. The van der Waals surface area contributed by atoms with Gasteiger partial charge in [0, 0.05) is 26.1 Å². The van der Waals surface area contributed by atoms with E-state index in [1.165, 1.54) is 6.07 Å². The molecule has 1 amide bonds. The van der Waals surface area contributed by atoms with Crippen LogP contribution in [0, 0.1) is 5.82 Å². The number of carbonyl (C=O) groups is 1. The summed E-state index contributed by atoms with van der Waals surface area (Å²) in [5.41, 5.74) is 6.49. The van der Waals surface area contributed by atoms with Gasteiger partial charge in [0.15, 0.2) is 0 Å². The zero-order valence-electron chi connectivity index (χ0n) is 8.87. The Labute approximate surface area is 93.2 Å². The van der Waals surface area contributed by atoms with Crippen molar-refractivity contribution < 1.29 is 9.18 Å². The van der Waals surface area contributed by atoms with Crippen LogP contribution in [-0.2, 0) is 4.79 Å². The number of nitrogens with two attached hydrogens (primary N) is 1. The van der Waals surface area contributed by atoms with Gasteiger partial charge in [-0.25, -0.2) is 4.39 Å². The predicted octanol–water partition coefficient (Wildman–Crippen LogP) is 0.734. The molecule has 0 spiro atoms. The first-order chi connectivity index (χ1) is 7.68. The van der Waals surface area contributed by atoms with Crippen molar-refractivity contribution in [3.63, 3.8) is 0 Å². The number of para-hydroxylation sites is 1. The Balaban J connectivity index is 2.23. The van der Waals surface area contributed by atoms with Gasteiger partial charge in [-0.15, -0.1) is 0 Å². The minimum atomic E-state index is -0.416. The highest BCUT2D eigenvalue weighted by molar-refractivity contribution is 5.78. The average Bonchev–Trinajstić information content (AvgIpc) is 2.47. The number of hydrogen-bond acceptors (Lipinski definition) is 3. The number of nitrogen functional groups attached to an aromatic ring is 1. The Kier molecular flexibility index (Phi) is 2.94. The fourth-order valence-corrected chi connectivity index (χ4v) is 1.81. The Hall–Kier alpha value is -1.78. The minimum Gasteiger partial charge on any atom is -0.395 e. The van der Waals surface area contributed by atoms with E-state index in [1.54, 1.807) is 12.1 Å². The van der Waals surface area contributed by atoms with Gasteiger partial charge < -0.3 is 16.0 Å². The maximum atomic E-state index is 13.3. The topological polar surface area (TPSA) is 58.4 Å². The normalized spacial score (nSPS) is 16.8. The maximum absolute atomic E-state index is 13.3. The molecule has 16 heavy (non-hydrogen) atoms. The van der Waals surface area contributed by atoms with Crippen LogP contribution in [0.3, 0.4) is 0 Å². The smallest absolute Gasteiger partial charge is 0.221 e. The molecule has 0 saturated carbocycles. The summed E-state index contributed by atoms with van der Waals surface area (Å²) in [6, 6.07) is 4.73. The monoisotopic (exact) mass is 223 g/mol. The summed E-state index contributed by atoms with van der Waals surface area (Å²) >= 11 is 0. The standard InChI is InChI=1S/C11H14FN3O/c12-8-2-1-3-9(11(8)13)15-6-4-10(16)14-5-7-15/h1-3H,4-7,13H2,(H,14,16). The molecule has 0 atom stereocenters. The zero-order chi connectivity index (χ0) is 11.5. The summed E-state index contributed by atoms with van der Waals surface area (Å²) in [6.07, 6.45) is 0.413. The molecule has 1 heterocycles. The van der Waals surface area contributed by atoms with Crippen LogP contribution in [0.4, 0.5) is 15.8 Å². The molecule has 1 aliphatic heterocycles. The molecule has 1 aliphatic rings. The van der Waals surface area contributed by atoms with E-state index in [-0.39, 0.29) is 11.6 Å². The molecule has 1 saturated heterocycles. The van der Waals surface area contributed by atoms with Gasteiger partial charge in [0.25, 0.3) is 0 Å². The quantitative estimate of drug-likeness (QED) is 0.690. The molecule has 0 aliphatic carbocycles. The number of hydrogen-bond donors (Lipinski definition) is 2. The molecule has 3 N–H and O–H groups in total. The van der Waals surface area contributed by atoms with E-state index in [1.807, 2.05) is 4.90 Å². The van der Waals surface area contributed by atoms with Crippen LogP contribution in [0.2, 0.25) is 0 Å². The van der Waals surface area contributed by atoms with E-state index < -0.39 is 5.82 Å². The first-order valence-electron chi connectivity index (χ1n) is 5.24. The van der Waals surface area contributed by atoms with Crippen molar-refractivity contribution in [1.82, 2.24) is 5.32 Å². The van der Waals surface area contributed by atoms with Gasteiger partial charge in [0.2, 0.25) is 5.91 Å². The Morgan fingerprint density at radius 2 is 2.19 bits per heavy atom. The molecule has 0 aromatic heterocycles. The van der Waals surface area contributed by atoms with Gasteiger partial charge in [-0.1, -0.05) is 6.07 Å². The molecule has 0 bridgehead atoms. The third kappa shape index (κ3) is 2.08. The number of halogens is 1. The van der Waals surface area contributed by atoms with Gasteiger partial charge in [0.1, 0.15) is 5.82 Å². The third-order valence-electron chi connectivity index (χ3n) is 2.68. The lowest BCUT2D eigenvalue weighted by Gasteiger charge is -2.23. The van der Waals surface area contributed by atoms with Gasteiger partial charge >= 0.3 is 0 Å². The summed E-state index contributed by atoms with van der Waals surface area (Å²) in [7, 11) is 0. The maximum Gasteiger partial charge on any atom is 0.221 e. The lowest BCUT2D eigenvalue weighted by molar-refractivity contribution is -0.120. The number of amides is 1. The SMILES string of the molecule is Nc1c(F)cccc1N1CCNC(=O)CC1. The van der Waals surface area contributed by atoms with Crippen LogP contribution in [-0.4, -0.2) is 25.5 Å². The van der Waals surface area contributed by atoms with Gasteiger partial charge in [0.05, 0.1) is 11.4 Å². The van der Waals surface area contributed by atoms with Crippen molar-refractivity contribution >= 4 is 17.3 Å². The van der Waals surface area contributed by atoms with E-state index in [2.05, 4.69) is 5.32 Å². The average molecular weight is 223 g/mol. The predicted molar refractivity (Wildman–Crippen MR) is 60.7 cm³/mol. The Morgan fingerprint density at radius 1 is 1.38 bits per heavy atom. The van der Waals surface area contributed by atoms with E-state index in [9.17, 15) is 9.18 Å². The van der Waals surface area contributed by atoms with Crippen molar-refractivity contribution in [2.24, 2.45) is 0 Å². The molecule has 5 heteroatoms. The molecule has 1 aromatic carbocycles. The molecule has 2 rings (SSSR count). The first-order valence-corrected chi connectivity index (χ1v) is 5.24. The summed E-state index contributed by atoms with van der Waals surface area (Å²) in [4.78, 5) is 13.1. The van der Waals surface area contributed by atoms with Crippen molar-refractivity contribution in [2.75, 3.05) is 30.3 Å². The van der Waals surface area contributed by atoms with Gasteiger partial charge in [-0.2, -0.15) is 0 Å². The van der Waals surface area contributed by atoms with Crippen LogP contribution in [0.5, 0.6) is 0 Å². The van der Waals surface area contributed by atoms with Crippen LogP contribution < -0.4 is 16.0 Å². The minimum absolute atomic E-state index is 0.0254. The molecular weight excluding hydrogens is 209 g/mol. The Morgan fingerprint density at radius 3 is 3.00 bits per heavy atom. The fourth-order valence-electron chi connectivity index (χ4n) is 1.81. The summed E-state index contributed by atoms with van der Waals surface area (Å²) in [5, 5.41) is 2.76. The van der Waals surface area contributed by atoms with Gasteiger partial charge in [-0.05, 0) is 12.1 Å². The third-order valence-corrected chi connectivity index (χ3v) is 2.68. The van der Waals surface area contributed by atoms with Crippen LogP contribution in [0.15, 0.2) is 18.2 Å². The summed E-state index contributed by atoms with van der Waals surface area (Å²) < 4.78 is 13.3. The lowest BCUT2D eigenvalue weighted by Crippen LogP contribution is -2.29. The van der Waals surface area contributed by atoms with Crippen molar-refractivity contribution in [3.05, 3.63) is 24.0 Å². The van der Waals surface area contributed by atoms with Crippen LogP contribution >= 0.6 is 0 Å². The second-order valence-electron chi connectivity index (χ2n) is 3.76. The highest BCUT2D eigenvalue weighted by atomic mass is 19.1. The number of nitrogens with zero attached hydrogens (tertiary/aromatic N) is 1. The summed E-state index contributed by atoms with van der Waals surface area (Å²) in [5.74, 6) is -0.390. The molecule has 0 radical (unpaired) electrons. The van der Waals surface area contributed by atoms with Gasteiger partial charge in [-0.3, -0.25) is 4.79 Å². The number of anilines is 2. The highest BCUT2D eigenvalue weighted by Crippen LogP contribution is 2.25. The molecule has 1 fully saturated rings. The number of carbonyl (C=O) groups excluding carboxylic acids is 1. The highest BCUT2D eigenvalue weighted by Gasteiger charge is 2.16. The fraction of sp³-hybridized carbons (Fsp3) is 0.364. The van der Waals surface area contributed by atoms with E-state index in [4.69, 9.17) is 5.73 Å². The molecule has 86 valence electrons. The molecular formula is C11H14FN3O. The van der Waals surface area contributed by atoms with E-state index in [0.29, 0.717) is 31.7 Å². The first kappa shape index (κ1) is 10.7. The number of benzene rings is 1. The lowest BCUT2D eigenvalue weighted by atomic mass is 10.2. The second kappa shape index (κ2) is 4.38. The van der Waals surface area contributed by atoms with E-state index >= 15 is 0 Å². The van der Waals surface area contributed by atoms with Crippen molar-refractivity contribution in [3.8, 4) is 0 Å². The largest absolute Gasteiger partial charge is 0.395 e. The number of nitrogens with one attached hydrogen (secondary N) is 1. The number of rotatable bonds is 1. The summed E-state index contributed by atoms with van der Waals surface area (Å²) in [6.45, 7) is 1.79. The van der Waals surface area contributed by atoms with Crippen molar-refractivity contribution in [2.45, 2.75) is 6.42 Å². The molecule has 0 unspecified atom stereocenters. The van der Waals surface area contributed by atoms with Crippen LogP contribution in [0.25, 0.3) is 0 Å². The van der Waals surface area contributed by atoms with Crippen molar-refractivity contribution in [1.29, 1.82) is 0 Å². The van der Waals surface area contributed by atoms with Crippen LogP contribution in [0.1, 0.15) is 6.42 Å². The van der Waals surface area contributed by atoms with E-state index in [0.717, 1.165) is 0 Å². The second-order valence-corrected chi connectivity index (χ2v) is 3.76. The molecule has 4 nitrogen and oxygen atoms in total. The Bertz CT molecular complexity index is 408.